The second-order valence-corrected chi connectivity index (χ2v) is 4.19. The van der Waals surface area contributed by atoms with Gasteiger partial charge in [-0.15, -0.1) is 11.3 Å². The number of carbonyl (C=O) groups is 1. The molecule has 17 heavy (non-hydrogen) atoms. The highest BCUT2D eigenvalue weighted by atomic mass is 32.1. The number of halogens is 3. The van der Waals surface area contributed by atoms with Gasteiger partial charge in [0.25, 0.3) is 0 Å². The molecular weight excluding hydrogens is 257 g/mol. The Labute approximate surface area is 99.5 Å². The van der Waals surface area contributed by atoms with Crippen LogP contribution in [0.2, 0.25) is 0 Å². The van der Waals surface area contributed by atoms with Crippen LogP contribution in [0.4, 0.5) is 18.3 Å². The summed E-state index contributed by atoms with van der Waals surface area (Å²) < 4.78 is 35.6. The van der Waals surface area contributed by atoms with Crippen molar-refractivity contribution < 1.29 is 23.1 Å². The van der Waals surface area contributed by atoms with Gasteiger partial charge in [0.2, 0.25) is 0 Å². The lowest BCUT2D eigenvalue weighted by Gasteiger charge is -2.05. The predicted octanol–water partition coefficient (Wildman–Crippen LogP) is 2.52. The Morgan fingerprint density at radius 2 is 2.24 bits per heavy atom. The number of aliphatic carboxylic acids is 1. The first-order valence-corrected chi connectivity index (χ1v) is 5.71. The van der Waals surface area contributed by atoms with Crippen molar-refractivity contribution >= 4 is 22.4 Å². The van der Waals surface area contributed by atoms with Gasteiger partial charge >= 0.3 is 12.1 Å². The molecule has 1 heterocycles. The van der Waals surface area contributed by atoms with Crippen LogP contribution in [0.5, 0.6) is 0 Å². The van der Waals surface area contributed by atoms with Gasteiger partial charge in [0.15, 0.2) is 5.13 Å². The van der Waals surface area contributed by atoms with Crippen LogP contribution in [0, 0.1) is 0 Å². The number of carboxylic acids is 1. The lowest BCUT2D eigenvalue weighted by Crippen LogP contribution is -2.14. The van der Waals surface area contributed by atoms with Gasteiger partial charge in [-0.25, -0.2) is 4.98 Å². The Kier molecular flexibility index (Phi) is 4.73. The van der Waals surface area contributed by atoms with Crippen molar-refractivity contribution in [1.29, 1.82) is 0 Å². The standard InChI is InChI=1S/C9H11F3N2O2S/c10-9(11,12)3-4-13-8-14-6(5-17-8)1-2-7(15)16/h5H,1-4H2,(H,13,14)(H,15,16). The van der Waals surface area contributed by atoms with Crippen LogP contribution in [0.25, 0.3) is 0 Å². The number of carboxylic acid groups (broad SMARTS) is 1. The minimum absolute atomic E-state index is 0.0360. The van der Waals surface area contributed by atoms with Gasteiger partial charge in [-0.1, -0.05) is 0 Å². The molecule has 0 aliphatic rings. The third-order valence-corrected chi connectivity index (χ3v) is 2.68. The normalized spacial score (nSPS) is 11.5. The van der Waals surface area contributed by atoms with Crippen LogP contribution in [0.1, 0.15) is 18.5 Å². The molecule has 4 nitrogen and oxygen atoms in total. The van der Waals surface area contributed by atoms with Crippen molar-refractivity contribution in [2.45, 2.75) is 25.4 Å². The SMILES string of the molecule is O=C(O)CCc1csc(NCCC(F)(F)F)n1. The molecule has 1 rings (SSSR count). The molecule has 0 aromatic carbocycles. The summed E-state index contributed by atoms with van der Waals surface area (Å²) in [6.45, 7) is -0.227. The van der Waals surface area contributed by atoms with Gasteiger partial charge < -0.3 is 10.4 Å². The third kappa shape index (κ3) is 6.10. The van der Waals surface area contributed by atoms with Crippen LogP contribution in [-0.4, -0.2) is 28.8 Å². The second-order valence-electron chi connectivity index (χ2n) is 3.33. The van der Waals surface area contributed by atoms with Gasteiger partial charge in [0.05, 0.1) is 18.5 Å². The number of hydrogen-bond acceptors (Lipinski definition) is 4. The number of rotatable bonds is 6. The average Bonchev–Trinajstić information content (AvgIpc) is 2.61. The molecule has 0 amide bonds. The van der Waals surface area contributed by atoms with Crippen molar-refractivity contribution in [3.8, 4) is 0 Å². The Bertz CT molecular complexity index is 379. The number of aryl methyl sites for hydroxylation is 1. The molecule has 96 valence electrons. The molecule has 8 heteroatoms. The van der Waals surface area contributed by atoms with E-state index in [0.717, 1.165) is 0 Å². The minimum atomic E-state index is -4.18. The van der Waals surface area contributed by atoms with E-state index in [2.05, 4.69) is 10.3 Å². The maximum atomic E-state index is 11.9. The van der Waals surface area contributed by atoms with Gasteiger partial charge in [-0.05, 0) is 0 Å². The molecule has 1 aromatic heterocycles. The van der Waals surface area contributed by atoms with E-state index in [-0.39, 0.29) is 19.4 Å². The van der Waals surface area contributed by atoms with Crippen molar-refractivity contribution in [3.05, 3.63) is 11.1 Å². The predicted molar refractivity (Wildman–Crippen MR) is 57.2 cm³/mol. The topological polar surface area (TPSA) is 62.2 Å². The summed E-state index contributed by atoms with van der Waals surface area (Å²) in [6.07, 6.45) is -4.86. The van der Waals surface area contributed by atoms with E-state index >= 15 is 0 Å². The Morgan fingerprint density at radius 1 is 1.53 bits per heavy atom. The molecule has 2 N–H and O–H groups in total. The van der Waals surface area contributed by atoms with Gasteiger partial charge in [-0.3, -0.25) is 4.79 Å². The fourth-order valence-corrected chi connectivity index (χ4v) is 1.82. The zero-order valence-electron chi connectivity index (χ0n) is 8.75. The molecule has 1 aromatic rings. The molecule has 0 aliphatic heterocycles. The Morgan fingerprint density at radius 3 is 2.82 bits per heavy atom. The van der Waals surface area contributed by atoms with E-state index in [0.29, 0.717) is 10.8 Å². The van der Waals surface area contributed by atoms with E-state index in [1.165, 1.54) is 11.3 Å². The average molecular weight is 268 g/mol. The van der Waals surface area contributed by atoms with Crippen LogP contribution < -0.4 is 5.32 Å². The summed E-state index contributed by atoms with van der Waals surface area (Å²) in [5.74, 6) is -0.926. The molecule has 0 atom stereocenters. The lowest BCUT2D eigenvalue weighted by molar-refractivity contribution is -0.137. The smallest absolute Gasteiger partial charge is 0.390 e. The number of hydrogen-bond donors (Lipinski definition) is 2. The maximum Gasteiger partial charge on any atom is 0.390 e. The minimum Gasteiger partial charge on any atom is -0.481 e. The van der Waals surface area contributed by atoms with Crippen LogP contribution in [0.3, 0.4) is 0 Å². The molecule has 0 bridgehead atoms. The highest BCUT2D eigenvalue weighted by Gasteiger charge is 2.26. The fraction of sp³-hybridized carbons (Fsp3) is 0.556. The summed E-state index contributed by atoms with van der Waals surface area (Å²) in [6, 6.07) is 0. The first kappa shape index (κ1) is 13.8. The zero-order valence-corrected chi connectivity index (χ0v) is 9.57. The number of nitrogens with one attached hydrogen (secondary N) is 1. The van der Waals surface area contributed by atoms with Gasteiger partial charge in [-0.2, -0.15) is 13.2 Å². The largest absolute Gasteiger partial charge is 0.481 e. The first-order chi connectivity index (χ1) is 7.87. The molecule has 0 saturated heterocycles. The third-order valence-electron chi connectivity index (χ3n) is 1.83. The van der Waals surface area contributed by atoms with E-state index in [1.54, 1.807) is 5.38 Å². The van der Waals surface area contributed by atoms with E-state index < -0.39 is 18.6 Å². The molecule has 0 unspecified atom stereocenters. The Hall–Kier alpha value is -1.31. The lowest BCUT2D eigenvalue weighted by atomic mass is 10.2. The zero-order chi connectivity index (χ0) is 12.9. The number of thiazole rings is 1. The van der Waals surface area contributed by atoms with Crippen molar-refractivity contribution in [1.82, 2.24) is 4.98 Å². The summed E-state index contributed by atoms with van der Waals surface area (Å²) in [7, 11) is 0. The van der Waals surface area contributed by atoms with Crippen LogP contribution in [-0.2, 0) is 11.2 Å². The van der Waals surface area contributed by atoms with E-state index in [1.807, 2.05) is 0 Å². The van der Waals surface area contributed by atoms with Gasteiger partial charge in [0, 0.05) is 18.3 Å². The quantitative estimate of drug-likeness (QED) is 0.832. The molecule has 0 aliphatic carbocycles. The monoisotopic (exact) mass is 268 g/mol. The molecule has 0 spiro atoms. The summed E-state index contributed by atoms with van der Waals surface area (Å²) >= 11 is 1.17. The highest BCUT2D eigenvalue weighted by molar-refractivity contribution is 7.13. The van der Waals surface area contributed by atoms with Crippen molar-refractivity contribution in [2.24, 2.45) is 0 Å². The molecule has 0 saturated carbocycles. The number of aromatic nitrogens is 1. The number of anilines is 1. The molecule has 0 fully saturated rings. The summed E-state index contributed by atoms with van der Waals surface area (Å²) in [4.78, 5) is 14.3. The summed E-state index contributed by atoms with van der Waals surface area (Å²) in [5.41, 5.74) is 0.576. The molecular formula is C9H11F3N2O2S. The second kappa shape index (κ2) is 5.85. The fourth-order valence-electron chi connectivity index (χ4n) is 1.05. The van der Waals surface area contributed by atoms with E-state index in [4.69, 9.17) is 5.11 Å². The number of alkyl halides is 3. The first-order valence-electron chi connectivity index (χ1n) is 4.83. The van der Waals surface area contributed by atoms with Crippen LogP contribution >= 0.6 is 11.3 Å². The number of nitrogens with zero attached hydrogens (tertiary/aromatic N) is 1. The maximum absolute atomic E-state index is 11.9. The van der Waals surface area contributed by atoms with Gasteiger partial charge in [0.1, 0.15) is 0 Å². The highest BCUT2D eigenvalue weighted by Crippen LogP contribution is 2.21. The van der Waals surface area contributed by atoms with Crippen molar-refractivity contribution in [3.63, 3.8) is 0 Å². The van der Waals surface area contributed by atoms with Crippen molar-refractivity contribution in [2.75, 3.05) is 11.9 Å². The molecule has 0 radical (unpaired) electrons. The van der Waals surface area contributed by atoms with Crippen LogP contribution in [0.15, 0.2) is 5.38 Å². The van der Waals surface area contributed by atoms with E-state index in [9.17, 15) is 18.0 Å². The summed E-state index contributed by atoms with van der Waals surface area (Å²) in [5, 5.41) is 13.0. The Balaban J connectivity index is 2.33.